The molecule has 0 spiro atoms. The van der Waals surface area contributed by atoms with E-state index < -0.39 is 7.05 Å². The predicted octanol–water partition coefficient (Wildman–Crippen LogP) is 3.81. The third kappa shape index (κ3) is 2.00. The zero-order valence-electron chi connectivity index (χ0n) is 12.3. The maximum Gasteiger partial charge on any atom is 0.414 e. The standard InChI is InChI=1S/C18H15BN2O/c1-19(22)21-17-9-5-3-7-14(17)11-18(21)15-10-13-6-2-4-8-16(13)20-12-15/h2-12,22H,1H3. The van der Waals surface area contributed by atoms with Crippen molar-refractivity contribution < 1.29 is 5.02 Å². The van der Waals surface area contributed by atoms with Crippen LogP contribution in [0.1, 0.15) is 0 Å². The lowest BCUT2D eigenvalue weighted by atomic mass is 9.87. The summed E-state index contributed by atoms with van der Waals surface area (Å²) in [6, 6.07) is 20.4. The Hall–Kier alpha value is -2.59. The Bertz CT molecular complexity index is 975. The molecule has 3 nitrogen and oxygen atoms in total. The van der Waals surface area contributed by atoms with Crippen LogP contribution >= 0.6 is 0 Å². The number of fused-ring (bicyclic) bond motifs is 2. The van der Waals surface area contributed by atoms with E-state index >= 15 is 0 Å². The maximum atomic E-state index is 10.2. The van der Waals surface area contributed by atoms with E-state index in [0.717, 1.165) is 33.1 Å². The fourth-order valence-corrected chi connectivity index (χ4v) is 3.01. The Kier molecular flexibility index (Phi) is 2.98. The SMILES string of the molecule is CB(O)n1c(-c2cnc3ccccc3c2)cc2ccccc21. The summed E-state index contributed by atoms with van der Waals surface area (Å²) in [7, 11) is -0.596. The number of benzene rings is 2. The average Bonchev–Trinajstić information content (AvgIpc) is 2.94. The van der Waals surface area contributed by atoms with Crippen molar-refractivity contribution in [1.29, 1.82) is 0 Å². The lowest BCUT2D eigenvalue weighted by molar-refractivity contribution is 0.567. The molecule has 0 aliphatic rings. The molecule has 0 saturated carbocycles. The summed E-state index contributed by atoms with van der Waals surface area (Å²) in [6.07, 6.45) is 1.87. The van der Waals surface area contributed by atoms with E-state index in [1.165, 1.54) is 0 Å². The van der Waals surface area contributed by atoms with E-state index in [1.807, 2.05) is 47.1 Å². The molecule has 0 aliphatic carbocycles. The summed E-state index contributed by atoms with van der Waals surface area (Å²) in [5, 5.41) is 12.4. The van der Waals surface area contributed by atoms with Gasteiger partial charge < -0.3 is 9.50 Å². The van der Waals surface area contributed by atoms with Crippen molar-refractivity contribution >= 4 is 28.9 Å². The van der Waals surface area contributed by atoms with Crippen molar-refractivity contribution in [2.24, 2.45) is 0 Å². The second kappa shape index (κ2) is 5.00. The molecule has 106 valence electrons. The number of rotatable bonds is 2. The topological polar surface area (TPSA) is 38.0 Å². The number of hydrogen-bond donors (Lipinski definition) is 1. The number of hydrogen-bond acceptors (Lipinski definition) is 2. The molecule has 22 heavy (non-hydrogen) atoms. The highest BCUT2D eigenvalue weighted by atomic mass is 16.2. The van der Waals surface area contributed by atoms with Crippen LogP contribution in [0.5, 0.6) is 0 Å². The van der Waals surface area contributed by atoms with Crippen molar-refractivity contribution in [1.82, 2.24) is 9.46 Å². The number of aromatic nitrogens is 2. The molecule has 2 aromatic heterocycles. The summed E-state index contributed by atoms with van der Waals surface area (Å²) in [6.45, 7) is 1.78. The van der Waals surface area contributed by atoms with E-state index in [0.29, 0.717) is 0 Å². The fraction of sp³-hybridized carbons (Fsp3) is 0.0556. The first-order chi connectivity index (χ1) is 10.7. The Labute approximate surface area is 129 Å². The summed E-state index contributed by atoms with van der Waals surface area (Å²) in [4.78, 5) is 4.53. The summed E-state index contributed by atoms with van der Waals surface area (Å²) >= 11 is 0. The highest BCUT2D eigenvalue weighted by molar-refractivity contribution is 6.49. The summed E-state index contributed by atoms with van der Waals surface area (Å²) in [5.74, 6) is 0. The first-order valence-electron chi connectivity index (χ1n) is 7.37. The second-order valence-corrected chi connectivity index (χ2v) is 5.51. The van der Waals surface area contributed by atoms with E-state index in [-0.39, 0.29) is 0 Å². The average molecular weight is 286 g/mol. The van der Waals surface area contributed by atoms with Crippen LogP contribution in [0.3, 0.4) is 0 Å². The van der Waals surface area contributed by atoms with Gasteiger partial charge in [0.2, 0.25) is 0 Å². The predicted molar refractivity (Wildman–Crippen MR) is 91.9 cm³/mol. The van der Waals surface area contributed by atoms with Crippen LogP contribution in [-0.4, -0.2) is 21.5 Å². The van der Waals surface area contributed by atoms with Gasteiger partial charge in [-0.15, -0.1) is 0 Å². The smallest absolute Gasteiger partial charge is 0.414 e. The molecule has 4 heteroatoms. The van der Waals surface area contributed by atoms with Crippen molar-refractivity contribution in [2.45, 2.75) is 6.82 Å². The Balaban J connectivity index is 2.00. The molecule has 0 radical (unpaired) electrons. The van der Waals surface area contributed by atoms with E-state index in [9.17, 15) is 5.02 Å². The van der Waals surface area contributed by atoms with Gasteiger partial charge in [-0.05, 0) is 36.5 Å². The van der Waals surface area contributed by atoms with Gasteiger partial charge in [0, 0.05) is 28.4 Å². The maximum absolute atomic E-state index is 10.2. The minimum atomic E-state index is -0.596. The van der Waals surface area contributed by atoms with Crippen molar-refractivity contribution in [2.75, 3.05) is 0 Å². The molecule has 0 amide bonds. The molecule has 0 aliphatic heterocycles. The molecule has 4 aromatic rings. The minimum absolute atomic E-state index is 0.596. The van der Waals surface area contributed by atoms with Gasteiger partial charge in [0.05, 0.1) is 5.52 Å². The van der Waals surface area contributed by atoms with E-state index in [4.69, 9.17) is 0 Å². The third-order valence-corrected chi connectivity index (χ3v) is 4.01. The Morgan fingerprint density at radius 2 is 1.68 bits per heavy atom. The molecule has 0 bridgehead atoms. The van der Waals surface area contributed by atoms with Crippen molar-refractivity contribution in [3.8, 4) is 11.3 Å². The third-order valence-electron chi connectivity index (χ3n) is 4.01. The van der Waals surface area contributed by atoms with Crippen LogP contribution in [0.15, 0.2) is 66.9 Å². The van der Waals surface area contributed by atoms with Crippen LogP contribution in [0, 0.1) is 0 Å². The molecule has 2 heterocycles. The first-order valence-corrected chi connectivity index (χ1v) is 7.37. The second-order valence-electron chi connectivity index (χ2n) is 5.51. The number of pyridine rings is 1. The van der Waals surface area contributed by atoms with Crippen LogP contribution in [0.25, 0.3) is 33.1 Å². The van der Waals surface area contributed by atoms with Gasteiger partial charge in [-0.3, -0.25) is 4.98 Å². The molecule has 0 saturated heterocycles. The minimum Gasteiger partial charge on any atom is -0.432 e. The Morgan fingerprint density at radius 3 is 2.50 bits per heavy atom. The van der Waals surface area contributed by atoms with Gasteiger partial charge in [-0.1, -0.05) is 36.4 Å². The van der Waals surface area contributed by atoms with Crippen LogP contribution < -0.4 is 0 Å². The van der Waals surface area contributed by atoms with Gasteiger partial charge in [0.25, 0.3) is 0 Å². The summed E-state index contributed by atoms with van der Waals surface area (Å²) in [5.41, 5.74) is 4.00. The monoisotopic (exact) mass is 286 g/mol. The van der Waals surface area contributed by atoms with Gasteiger partial charge in [-0.25, -0.2) is 0 Å². The molecule has 0 fully saturated rings. The zero-order chi connectivity index (χ0) is 15.1. The highest BCUT2D eigenvalue weighted by Gasteiger charge is 2.17. The van der Waals surface area contributed by atoms with Gasteiger partial charge >= 0.3 is 7.05 Å². The summed E-state index contributed by atoms with van der Waals surface area (Å²) < 4.78 is 1.95. The van der Waals surface area contributed by atoms with Gasteiger partial charge in [0.15, 0.2) is 0 Å². The molecule has 4 rings (SSSR count). The molecule has 1 N–H and O–H groups in total. The fourth-order valence-electron chi connectivity index (χ4n) is 3.01. The molecule has 0 unspecified atom stereocenters. The van der Waals surface area contributed by atoms with Gasteiger partial charge in [-0.2, -0.15) is 0 Å². The largest absolute Gasteiger partial charge is 0.432 e. The molecule has 0 atom stereocenters. The molecular weight excluding hydrogens is 271 g/mol. The van der Waals surface area contributed by atoms with Crippen molar-refractivity contribution in [3.63, 3.8) is 0 Å². The van der Waals surface area contributed by atoms with Crippen molar-refractivity contribution in [3.05, 3.63) is 66.9 Å². The highest BCUT2D eigenvalue weighted by Crippen LogP contribution is 2.29. The van der Waals surface area contributed by atoms with E-state index in [2.05, 4.69) is 29.2 Å². The quantitative estimate of drug-likeness (QED) is 0.569. The lowest BCUT2D eigenvalue weighted by Gasteiger charge is -2.11. The normalized spacial score (nSPS) is 11.2. The van der Waals surface area contributed by atoms with Crippen LogP contribution in [0.2, 0.25) is 6.82 Å². The first kappa shape index (κ1) is 13.1. The number of nitrogens with zero attached hydrogens (tertiary/aromatic N) is 2. The van der Waals surface area contributed by atoms with E-state index in [1.54, 1.807) is 6.82 Å². The number of para-hydroxylation sites is 2. The molecule has 2 aromatic carbocycles. The lowest BCUT2D eigenvalue weighted by Crippen LogP contribution is -2.20. The zero-order valence-corrected chi connectivity index (χ0v) is 12.3. The van der Waals surface area contributed by atoms with Gasteiger partial charge in [0.1, 0.15) is 0 Å². The van der Waals surface area contributed by atoms with Crippen LogP contribution in [0.4, 0.5) is 0 Å². The van der Waals surface area contributed by atoms with Crippen LogP contribution in [-0.2, 0) is 0 Å². The Morgan fingerprint density at radius 1 is 0.955 bits per heavy atom. The molecular formula is C18H15BN2O.